The van der Waals surface area contributed by atoms with Crippen LogP contribution >= 0.6 is 0 Å². The third kappa shape index (κ3) is 10.6. The average Bonchev–Trinajstić information content (AvgIpc) is 3.03. The van der Waals surface area contributed by atoms with E-state index in [-0.39, 0.29) is 30.9 Å². The summed E-state index contributed by atoms with van der Waals surface area (Å²) in [6.45, 7) is 2.06. The van der Waals surface area contributed by atoms with Crippen molar-refractivity contribution < 1.29 is 52.7 Å². The number of carboxylic acids is 2. The van der Waals surface area contributed by atoms with E-state index in [1.54, 1.807) is 31.4 Å². The number of likely N-dealkylation sites (tertiary alicyclic amines) is 1. The fourth-order valence-corrected chi connectivity index (χ4v) is 5.12. The summed E-state index contributed by atoms with van der Waals surface area (Å²) in [5.74, 6) is -2.99. The Bertz CT molecular complexity index is 1560. The number of alkyl halides is 3. The van der Waals surface area contributed by atoms with E-state index < -0.39 is 41.8 Å². The minimum atomic E-state index is -4.60. The Morgan fingerprint density at radius 2 is 1.62 bits per heavy atom. The van der Waals surface area contributed by atoms with E-state index in [1.807, 2.05) is 18.2 Å². The standard InChI is InChI=1S/C28H32F3N5O2.C4H6O6/c1-36-13-11-19(12-14-36)21-8-10-24(25(15-21)38-2)35-27-33-17-22(28(29,30)31)23(34-27)9-7-18-5-3-4-6-20(18)16-26(32)37;5-1(3(7)8)2(6)4(9)10/h3-6,8,10,15,17,19H,7,9,11-14,16H2,1-2H3,(H2,32,37)(H,33,34,35);1-2,5-6H,(H,7,8)(H,9,10)/t;1-,2-/m.1/s1. The highest BCUT2D eigenvalue weighted by atomic mass is 19.4. The molecule has 1 aliphatic heterocycles. The number of halogens is 3. The Balaban J connectivity index is 0.000000542. The van der Waals surface area contributed by atoms with Crippen LogP contribution in [0.4, 0.5) is 24.8 Å². The number of hydrogen-bond acceptors (Lipinski definition) is 10. The number of aromatic nitrogens is 2. The highest BCUT2D eigenvalue weighted by Gasteiger charge is 2.35. The molecule has 2 heterocycles. The number of aliphatic hydroxyl groups is 2. The number of ether oxygens (including phenoxy) is 1. The van der Waals surface area contributed by atoms with E-state index >= 15 is 0 Å². The van der Waals surface area contributed by atoms with Gasteiger partial charge in [-0.25, -0.2) is 19.6 Å². The number of methoxy groups -OCH3 is 1. The van der Waals surface area contributed by atoms with Gasteiger partial charge in [0.1, 0.15) is 5.75 Å². The van der Waals surface area contributed by atoms with Crippen LogP contribution in [0.5, 0.6) is 5.75 Å². The van der Waals surface area contributed by atoms with Crippen molar-refractivity contribution in [1.82, 2.24) is 14.9 Å². The molecule has 0 spiro atoms. The van der Waals surface area contributed by atoms with Crippen molar-refractivity contribution in [2.24, 2.45) is 5.73 Å². The van der Waals surface area contributed by atoms with Crippen molar-refractivity contribution in [2.75, 3.05) is 32.6 Å². The molecular formula is C32H38F3N5O8. The first-order valence-corrected chi connectivity index (χ1v) is 14.8. The summed E-state index contributed by atoms with van der Waals surface area (Å²) in [4.78, 5) is 41.4. The molecule has 1 aromatic heterocycles. The molecule has 13 nitrogen and oxygen atoms in total. The van der Waals surface area contributed by atoms with Gasteiger partial charge in [-0.05, 0) is 80.6 Å². The van der Waals surface area contributed by atoms with Gasteiger partial charge < -0.3 is 41.1 Å². The number of nitrogens with zero attached hydrogens (tertiary/aromatic N) is 3. The van der Waals surface area contributed by atoms with Gasteiger partial charge in [0.25, 0.3) is 0 Å². The van der Waals surface area contributed by atoms with Gasteiger partial charge in [-0.2, -0.15) is 13.2 Å². The highest BCUT2D eigenvalue weighted by Crippen LogP contribution is 2.36. The lowest BCUT2D eigenvalue weighted by atomic mass is 9.89. The van der Waals surface area contributed by atoms with Crippen molar-refractivity contribution in [3.63, 3.8) is 0 Å². The molecule has 1 aliphatic rings. The van der Waals surface area contributed by atoms with Crippen LogP contribution in [0.15, 0.2) is 48.7 Å². The fourth-order valence-electron chi connectivity index (χ4n) is 5.12. The predicted molar refractivity (Wildman–Crippen MR) is 167 cm³/mol. The Morgan fingerprint density at radius 3 is 2.17 bits per heavy atom. The van der Waals surface area contributed by atoms with Gasteiger partial charge in [-0.1, -0.05) is 30.3 Å². The lowest BCUT2D eigenvalue weighted by molar-refractivity contribution is -0.165. The van der Waals surface area contributed by atoms with E-state index in [0.717, 1.165) is 37.7 Å². The smallest absolute Gasteiger partial charge is 0.419 e. The van der Waals surface area contributed by atoms with Gasteiger partial charge in [0.2, 0.25) is 11.9 Å². The highest BCUT2D eigenvalue weighted by molar-refractivity contribution is 5.83. The topological polar surface area (TPSA) is 208 Å². The van der Waals surface area contributed by atoms with Gasteiger partial charge in [0.15, 0.2) is 12.2 Å². The summed E-state index contributed by atoms with van der Waals surface area (Å²) < 4.78 is 46.9. The van der Waals surface area contributed by atoms with Crippen LogP contribution < -0.4 is 15.8 Å². The maximum Gasteiger partial charge on any atom is 0.419 e. The Hall–Kier alpha value is -4.80. The third-order valence-electron chi connectivity index (χ3n) is 7.75. The second kappa shape index (κ2) is 16.9. The van der Waals surface area contributed by atoms with E-state index in [0.29, 0.717) is 22.9 Å². The largest absolute Gasteiger partial charge is 0.495 e. The number of aryl methyl sites for hydroxylation is 2. The number of primary amides is 1. The number of nitrogens with one attached hydrogen (secondary N) is 1. The van der Waals surface area contributed by atoms with Crippen molar-refractivity contribution in [3.8, 4) is 5.75 Å². The number of nitrogens with two attached hydrogens (primary N) is 1. The van der Waals surface area contributed by atoms with Gasteiger partial charge in [0.05, 0.1) is 30.5 Å². The van der Waals surface area contributed by atoms with Gasteiger partial charge >= 0.3 is 18.1 Å². The monoisotopic (exact) mass is 677 g/mol. The molecule has 16 heteroatoms. The van der Waals surface area contributed by atoms with E-state index in [1.165, 1.54) is 5.56 Å². The molecule has 48 heavy (non-hydrogen) atoms. The van der Waals surface area contributed by atoms with Crippen LogP contribution in [0, 0.1) is 0 Å². The minimum Gasteiger partial charge on any atom is -0.495 e. The Kier molecular flexibility index (Phi) is 13.2. The van der Waals surface area contributed by atoms with E-state index in [4.69, 9.17) is 30.9 Å². The molecule has 0 aliphatic carbocycles. The number of carboxylic acid groups (broad SMARTS) is 2. The second-order valence-electron chi connectivity index (χ2n) is 11.2. The Labute approximate surface area is 274 Å². The molecule has 2 aromatic carbocycles. The quantitative estimate of drug-likeness (QED) is 0.164. The molecule has 1 fully saturated rings. The molecule has 7 N–H and O–H groups in total. The second-order valence-corrected chi connectivity index (χ2v) is 11.2. The molecule has 260 valence electrons. The maximum absolute atomic E-state index is 13.8. The molecule has 1 amide bonds. The summed E-state index contributed by atoms with van der Waals surface area (Å²) in [7, 11) is 3.67. The molecule has 3 aromatic rings. The molecule has 1 saturated heterocycles. The number of benzene rings is 2. The zero-order chi connectivity index (χ0) is 35.6. The maximum atomic E-state index is 13.8. The molecule has 2 atom stereocenters. The minimum absolute atomic E-state index is 0.00795. The number of amides is 1. The predicted octanol–water partition coefficient (Wildman–Crippen LogP) is 2.75. The summed E-state index contributed by atoms with van der Waals surface area (Å²) in [5.41, 5.74) is 7.49. The van der Waals surface area contributed by atoms with Crippen LogP contribution in [0.2, 0.25) is 0 Å². The number of aliphatic carboxylic acids is 2. The van der Waals surface area contributed by atoms with Crippen LogP contribution in [0.1, 0.15) is 46.7 Å². The zero-order valence-electron chi connectivity index (χ0n) is 26.3. The molecule has 0 radical (unpaired) electrons. The van der Waals surface area contributed by atoms with Crippen molar-refractivity contribution in [2.45, 2.75) is 56.4 Å². The third-order valence-corrected chi connectivity index (χ3v) is 7.75. The van der Waals surface area contributed by atoms with Crippen molar-refractivity contribution >= 4 is 29.5 Å². The first-order chi connectivity index (χ1) is 22.6. The van der Waals surface area contributed by atoms with Gasteiger partial charge in [0, 0.05) is 6.20 Å². The molecule has 0 saturated carbocycles. The number of aliphatic hydroxyl groups excluding tert-OH is 2. The molecule has 4 rings (SSSR count). The fraction of sp³-hybridized carbons (Fsp3) is 0.406. The lowest BCUT2D eigenvalue weighted by Gasteiger charge is -2.29. The van der Waals surface area contributed by atoms with Gasteiger partial charge in [-0.3, -0.25) is 4.79 Å². The summed E-state index contributed by atoms with van der Waals surface area (Å²) >= 11 is 0. The average molecular weight is 678 g/mol. The van der Waals surface area contributed by atoms with Crippen LogP contribution in [0.25, 0.3) is 0 Å². The zero-order valence-corrected chi connectivity index (χ0v) is 26.3. The number of piperidine rings is 1. The number of carbonyl (C=O) groups excluding carboxylic acids is 1. The summed E-state index contributed by atoms with van der Waals surface area (Å²) in [6, 6.07) is 12.9. The summed E-state index contributed by atoms with van der Waals surface area (Å²) in [5, 5.41) is 35.6. The SMILES string of the molecule is COc1cc(C2CCN(C)CC2)ccc1Nc1ncc(C(F)(F)F)c(CCc2ccccc2CC(N)=O)n1.O=C(O)[C@H](O)[C@@H](O)C(=O)O. The van der Waals surface area contributed by atoms with Crippen molar-refractivity contribution in [3.05, 3.63) is 76.6 Å². The summed E-state index contributed by atoms with van der Waals surface area (Å²) in [6.07, 6.45) is -5.93. The number of hydrogen-bond donors (Lipinski definition) is 6. The first kappa shape index (κ1) is 37.7. The molecular weight excluding hydrogens is 639 g/mol. The van der Waals surface area contributed by atoms with Crippen molar-refractivity contribution in [1.29, 1.82) is 0 Å². The van der Waals surface area contributed by atoms with Crippen LogP contribution in [0.3, 0.4) is 0 Å². The first-order valence-electron chi connectivity index (χ1n) is 14.8. The van der Waals surface area contributed by atoms with Gasteiger partial charge in [-0.15, -0.1) is 0 Å². The van der Waals surface area contributed by atoms with Crippen LogP contribution in [-0.4, -0.2) is 92.6 Å². The molecule has 0 bridgehead atoms. The number of anilines is 2. The Morgan fingerprint density at radius 1 is 1.02 bits per heavy atom. The van der Waals surface area contributed by atoms with E-state index in [9.17, 15) is 27.6 Å². The number of rotatable bonds is 12. The normalized spacial score (nSPS) is 15.1. The lowest BCUT2D eigenvalue weighted by Crippen LogP contribution is -2.39. The number of carbonyl (C=O) groups is 3. The molecule has 0 unspecified atom stereocenters. The van der Waals surface area contributed by atoms with E-state index in [2.05, 4.69) is 27.2 Å². The van der Waals surface area contributed by atoms with Crippen LogP contribution in [-0.2, 0) is 39.8 Å².